The van der Waals surface area contributed by atoms with Gasteiger partial charge in [-0.1, -0.05) is 41.9 Å². The van der Waals surface area contributed by atoms with Crippen molar-refractivity contribution in [1.82, 2.24) is 14.1 Å². The molecule has 0 aliphatic carbocycles. The molecule has 7 heteroatoms. The van der Waals surface area contributed by atoms with Crippen LogP contribution in [0.25, 0.3) is 0 Å². The zero-order valence-corrected chi connectivity index (χ0v) is 15.5. The van der Waals surface area contributed by atoms with Gasteiger partial charge in [0.05, 0.1) is 23.0 Å². The maximum absolute atomic E-state index is 12.9. The Labute approximate surface area is 153 Å². The average molecular weight is 380 g/mol. The van der Waals surface area contributed by atoms with E-state index in [9.17, 15) is 8.42 Å². The van der Waals surface area contributed by atoms with Crippen LogP contribution < -0.4 is 0 Å². The molecule has 1 aromatic carbocycles. The minimum absolute atomic E-state index is 0.0903. The number of nitrogens with zero attached hydrogens (tertiary/aromatic N) is 3. The number of fused-ring (bicyclic) bond motifs is 2. The topological polar surface area (TPSA) is 55.2 Å². The van der Waals surface area contributed by atoms with Gasteiger partial charge in [0, 0.05) is 18.3 Å². The highest BCUT2D eigenvalue weighted by Crippen LogP contribution is 2.42. The summed E-state index contributed by atoms with van der Waals surface area (Å²) < 4.78 is 29.6. The van der Waals surface area contributed by atoms with Gasteiger partial charge < -0.3 is 0 Å². The van der Waals surface area contributed by atoms with E-state index >= 15 is 0 Å². The Kier molecular flexibility index (Phi) is 4.60. The Hall–Kier alpha value is -1.37. The van der Waals surface area contributed by atoms with Crippen LogP contribution in [0.4, 0.5) is 0 Å². The first-order chi connectivity index (χ1) is 12.0. The number of sulfonamides is 1. The van der Waals surface area contributed by atoms with Crippen molar-refractivity contribution in [3.8, 4) is 0 Å². The predicted molar refractivity (Wildman–Crippen MR) is 98.1 cm³/mol. The van der Waals surface area contributed by atoms with Gasteiger partial charge in [-0.3, -0.25) is 4.68 Å². The Morgan fingerprint density at radius 2 is 1.76 bits per heavy atom. The second-order valence-corrected chi connectivity index (χ2v) is 9.46. The number of hydrogen-bond donors (Lipinski definition) is 0. The van der Waals surface area contributed by atoms with Gasteiger partial charge in [0.15, 0.2) is 0 Å². The van der Waals surface area contributed by atoms with Gasteiger partial charge >= 0.3 is 0 Å². The van der Waals surface area contributed by atoms with Crippen LogP contribution in [0.1, 0.15) is 37.3 Å². The maximum Gasteiger partial charge on any atom is 0.214 e. The summed E-state index contributed by atoms with van der Waals surface area (Å²) in [7, 11) is -3.24. The van der Waals surface area contributed by atoms with Crippen LogP contribution in [0.5, 0.6) is 0 Å². The van der Waals surface area contributed by atoms with Crippen molar-refractivity contribution < 1.29 is 8.42 Å². The lowest BCUT2D eigenvalue weighted by molar-refractivity contribution is 0.185. The fourth-order valence-corrected chi connectivity index (χ4v) is 6.43. The predicted octanol–water partition coefficient (Wildman–Crippen LogP) is 3.28. The monoisotopic (exact) mass is 379 g/mol. The van der Waals surface area contributed by atoms with Gasteiger partial charge in [0.2, 0.25) is 10.0 Å². The van der Waals surface area contributed by atoms with Crippen molar-refractivity contribution in [3.63, 3.8) is 0 Å². The molecular formula is C18H22ClN3O2S. The van der Waals surface area contributed by atoms with Gasteiger partial charge in [-0.25, -0.2) is 8.42 Å². The van der Waals surface area contributed by atoms with Crippen LogP contribution >= 0.6 is 11.6 Å². The molecule has 0 spiro atoms. The molecule has 5 nitrogen and oxygen atoms in total. The van der Waals surface area contributed by atoms with Crippen LogP contribution in [-0.4, -0.2) is 40.3 Å². The van der Waals surface area contributed by atoms with Crippen LogP contribution in [0, 0.1) is 0 Å². The molecule has 2 fully saturated rings. The van der Waals surface area contributed by atoms with Crippen LogP contribution in [0.2, 0.25) is 5.02 Å². The van der Waals surface area contributed by atoms with Gasteiger partial charge in [0.1, 0.15) is 0 Å². The van der Waals surface area contributed by atoms with Gasteiger partial charge in [-0.2, -0.15) is 9.40 Å². The van der Waals surface area contributed by atoms with Crippen LogP contribution in [0.3, 0.4) is 0 Å². The van der Waals surface area contributed by atoms with E-state index in [2.05, 4.69) is 5.10 Å². The first kappa shape index (κ1) is 17.1. The summed E-state index contributed by atoms with van der Waals surface area (Å²) in [6.45, 7) is 0. The zero-order valence-electron chi connectivity index (χ0n) is 14.0. The Morgan fingerprint density at radius 3 is 2.36 bits per heavy atom. The molecule has 0 N–H and O–H groups in total. The third-order valence-corrected chi connectivity index (χ3v) is 7.55. The van der Waals surface area contributed by atoms with Gasteiger partial charge in [0.25, 0.3) is 0 Å². The molecule has 2 aliphatic heterocycles. The number of benzene rings is 1. The molecule has 25 heavy (non-hydrogen) atoms. The summed E-state index contributed by atoms with van der Waals surface area (Å²) in [6.07, 6.45) is 7.58. The molecule has 0 radical (unpaired) electrons. The second-order valence-electron chi connectivity index (χ2n) is 7.03. The van der Waals surface area contributed by atoms with E-state index in [0.717, 1.165) is 31.2 Å². The van der Waals surface area contributed by atoms with E-state index < -0.39 is 10.0 Å². The van der Waals surface area contributed by atoms with E-state index in [-0.39, 0.29) is 23.9 Å². The van der Waals surface area contributed by atoms with E-state index in [1.54, 1.807) is 10.5 Å². The van der Waals surface area contributed by atoms with Crippen molar-refractivity contribution in [3.05, 3.63) is 53.3 Å². The molecule has 1 aromatic heterocycles. The highest BCUT2D eigenvalue weighted by atomic mass is 35.5. The standard InChI is InChI=1S/C18H22ClN3O2S/c19-15-12-20-21(13-15)18-10-16-6-7-17(11-18)22(16)25(23,24)9-8-14-4-2-1-3-5-14/h1-5,12-13,16-18H,6-11H2. The largest absolute Gasteiger partial charge is 0.268 e. The molecular weight excluding hydrogens is 358 g/mol. The van der Waals surface area contributed by atoms with Crippen molar-refractivity contribution in [2.75, 3.05) is 5.75 Å². The van der Waals surface area contributed by atoms with Crippen molar-refractivity contribution in [2.45, 2.75) is 50.2 Å². The second kappa shape index (κ2) is 6.74. The lowest BCUT2D eigenvalue weighted by Gasteiger charge is -2.38. The van der Waals surface area contributed by atoms with Crippen molar-refractivity contribution in [2.24, 2.45) is 0 Å². The zero-order chi connectivity index (χ0) is 17.4. The first-order valence-electron chi connectivity index (χ1n) is 8.78. The Morgan fingerprint density at radius 1 is 1.08 bits per heavy atom. The fourth-order valence-electron chi connectivity index (χ4n) is 4.29. The van der Waals surface area contributed by atoms with Gasteiger partial charge in [-0.05, 0) is 37.7 Å². The van der Waals surface area contributed by atoms with Crippen molar-refractivity contribution in [1.29, 1.82) is 0 Å². The van der Waals surface area contributed by atoms with Crippen molar-refractivity contribution >= 4 is 21.6 Å². The number of aromatic nitrogens is 2. The highest BCUT2D eigenvalue weighted by Gasteiger charge is 2.46. The van der Waals surface area contributed by atoms with E-state index in [0.29, 0.717) is 11.4 Å². The number of hydrogen-bond acceptors (Lipinski definition) is 3. The SMILES string of the molecule is O=S(=O)(CCc1ccccc1)N1C2CCC1CC(n1cc(Cl)cn1)C2. The highest BCUT2D eigenvalue weighted by molar-refractivity contribution is 7.89. The quantitative estimate of drug-likeness (QED) is 0.801. The summed E-state index contributed by atoms with van der Waals surface area (Å²) >= 11 is 5.98. The normalized spacial score (nSPS) is 26.8. The summed E-state index contributed by atoms with van der Waals surface area (Å²) in [5, 5.41) is 4.95. The lowest BCUT2D eigenvalue weighted by Crippen LogP contribution is -2.48. The molecule has 4 rings (SSSR count). The maximum atomic E-state index is 12.9. The minimum atomic E-state index is -3.24. The molecule has 0 amide bonds. The molecule has 3 heterocycles. The summed E-state index contributed by atoms with van der Waals surface area (Å²) in [5.74, 6) is 0.183. The minimum Gasteiger partial charge on any atom is -0.268 e. The molecule has 134 valence electrons. The molecule has 2 aliphatic rings. The molecule has 0 saturated carbocycles. The van der Waals surface area contributed by atoms with E-state index in [1.807, 2.05) is 41.2 Å². The summed E-state index contributed by atoms with van der Waals surface area (Å²) in [6, 6.07) is 10.2. The average Bonchev–Trinajstić information content (AvgIpc) is 3.16. The van der Waals surface area contributed by atoms with Gasteiger partial charge in [-0.15, -0.1) is 0 Å². The van der Waals surface area contributed by atoms with Crippen LogP contribution in [-0.2, 0) is 16.4 Å². The van der Waals surface area contributed by atoms with E-state index in [1.165, 1.54) is 0 Å². The lowest BCUT2D eigenvalue weighted by atomic mass is 10.00. The van der Waals surface area contributed by atoms with Crippen LogP contribution in [0.15, 0.2) is 42.7 Å². The summed E-state index contributed by atoms with van der Waals surface area (Å²) in [4.78, 5) is 0. The molecule has 2 atom stereocenters. The summed E-state index contributed by atoms with van der Waals surface area (Å²) in [5.41, 5.74) is 1.07. The number of halogens is 1. The third kappa shape index (κ3) is 3.48. The van der Waals surface area contributed by atoms with E-state index in [4.69, 9.17) is 11.6 Å². The fraction of sp³-hybridized carbons (Fsp3) is 0.500. The number of aryl methyl sites for hydroxylation is 1. The smallest absolute Gasteiger partial charge is 0.214 e. The Bertz CT molecular complexity index is 823. The molecule has 2 saturated heterocycles. The Balaban J connectivity index is 1.46. The molecule has 2 bridgehead atoms. The first-order valence-corrected chi connectivity index (χ1v) is 10.8. The molecule has 2 unspecified atom stereocenters. The number of piperidine rings is 1. The number of rotatable bonds is 5. The molecule has 2 aromatic rings. The third-order valence-electron chi connectivity index (χ3n) is 5.40.